The highest BCUT2D eigenvalue weighted by Crippen LogP contribution is 2.25. The average molecular weight is 277 g/mol. The number of benzene rings is 1. The van der Waals surface area contributed by atoms with Crippen LogP contribution in [-0.2, 0) is 4.74 Å². The normalized spacial score (nSPS) is 10.8. The van der Waals surface area contributed by atoms with E-state index in [2.05, 4.69) is 4.98 Å². The number of para-hydroxylation sites is 1. The zero-order valence-corrected chi connectivity index (χ0v) is 11.4. The van der Waals surface area contributed by atoms with Gasteiger partial charge in [0.05, 0.1) is 11.1 Å². The second-order valence-corrected chi connectivity index (χ2v) is 5.12. The van der Waals surface area contributed by atoms with Crippen LogP contribution in [0.5, 0.6) is 0 Å². The van der Waals surface area contributed by atoms with Gasteiger partial charge in [0, 0.05) is 24.9 Å². The Kier molecular flexibility index (Phi) is 4.76. The molecule has 1 heterocycles. The van der Waals surface area contributed by atoms with Gasteiger partial charge in [-0.3, -0.25) is 0 Å². The van der Waals surface area contributed by atoms with Crippen LogP contribution in [0.4, 0.5) is 0 Å². The van der Waals surface area contributed by atoms with Crippen molar-refractivity contribution < 1.29 is 14.6 Å². The molecule has 4 nitrogen and oxygen atoms in total. The number of aromatic nitrogens is 1. The lowest BCUT2D eigenvalue weighted by molar-refractivity contribution is 0.0692. The first-order chi connectivity index (χ1) is 9.22. The van der Waals surface area contributed by atoms with Crippen molar-refractivity contribution >= 4 is 28.6 Å². The Bertz CT molecular complexity index is 586. The lowest BCUT2D eigenvalue weighted by Crippen LogP contribution is -2.02. The third kappa shape index (κ3) is 3.45. The second kappa shape index (κ2) is 6.54. The van der Waals surface area contributed by atoms with Gasteiger partial charge in [0.25, 0.3) is 0 Å². The van der Waals surface area contributed by atoms with Crippen LogP contribution in [0.15, 0.2) is 35.4 Å². The van der Waals surface area contributed by atoms with Gasteiger partial charge in [-0.05, 0) is 18.6 Å². The van der Waals surface area contributed by atoms with Crippen molar-refractivity contribution in [3.05, 3.63) is 35.9 Å². The van der Waals surface area contributed by atoms with E-state index in [0.717, 1.165) is 23.1 Å². The molecule has 0 aliphatic rings. The predicted octanol–water partition coefficient (Wildman–Crippen LogP) is 3.06. The molecule has 0 bridgehead atoms. The van der Waals surface area contributed by atoms with E-state index >= 15 is 0 Å². The zero-order chi connectivity index (χ0) is 13.7. The molecular formula is C14H15NO3S. The predicted molar refractivity (Wildman–Crippen MR) is 75.9 cm³/mol. The first-order valence-electron chi connectivity index (χ1n) is 5.97. The maximum Gasteiger partial charge on any atom is 0.338 e. The summed E-state index contributed by atoms with van der Waals surface area (Å²) in [6.45, 7) is 0.670. The summed E-state index contributed by atoms with van der Waals surface area (Å²) in [5.74, 6) is -0.146. The topological polar surface area (TPSA) is 59.4 Å². The summed E-state index contributed by atoms with van der Waals surface area (Å²) in [5.41, 5.74) is 1.09. The molecule has 0 saturated carbocycles. The number of carbonyl (C=O) groups is 1. The van der Waals surface area contributed by atoms with Gasteiger partial charge in [-0.1, -0.05) is 18.2 Å². The number of hydrogen-bond acceptors (Lipinski definition) is 4. The van der Waals surface area contributed by atoms with Crippen molar-refractivity contribution in [2.24, 2.45) is 0 Å². The Morgan fingerprint density at radius 1 is 1.42 bits per heavy atom. The molecule has 2 rings (SSSR count). The van der Waals surface area contributed by atoms with Gasteiger partial charge in [-0.15, -0.1) is 11.8 Å². The first kappa shape index (κ1) is 13.8. The van der Waals surface area contributed by atoms with E-state index in [1.54, 1.807) is 13.2 Å². The van der Waals surface area contributed by atoms with E-state index in [0.29, 0.717) is 11.6 Å². The fraction of sp³-hybridized carbons (Fsp3) is 0.286. The van der Waals surface area contributed by atoms with Gasteiger partial charge in [0.15, 0.2) is 0 Å². The maximum absolute atomic E-state index is 11.3. The molecule has 0 spiro atoms. The monoisotopic (exact) mass is 277 g/mol. The molecule has 1 N–H and O–H groups in total. The molecule has 0 fully saturated rings. The second-order valence-electron chi connectivity index (χ2n) is 4.03. The summed E-state index contributed by atoms with van der Waals surface area (Å²) < 4.78 is 4.98. The van der Waals surface area contributed by atoms with Crippen molar-refractivity contribution in [2.75, 3.05) is 19.5 Å². The van der Waals surface area contributed by atoms with Crippen molar-refractivity contribution in [2.45, 2.75) is 11.4 Å². The Labute approximate surface area is 115 Å². The molecule has 0 radical (unpaired) electrons. The largest absolute Gasteiger partial charge is 0.478 e. The van der Waals surface area contributed by atoms with Gasteiger partial charge in [0.1, 0.15) is 5.03 Å². The van der Waals surface area contributed by atoms with Crippen LogP contribution in [0.2, 0.25) is 0 Å². The highest BCUT2D eigenvalue weighted by atomic mass is 32.2. The Morgan fingerprint density at radius 2 is 2.21 bits per heavy atom. The van der Waals surface area contributed by atoms with E-state index in [9.17, 15) is 9.90 Å². The molecule has 1 aromatic heterocycles. The van der Waals surface area contributed by atoms with E-state index in [-0.39, 0.29) is 5.56 Å². The van der Waals surface area contributed by atoms with E-state index in [1.165, 1.54) is 11.8 Å². The molecule has 0 saturated heterocycles. The zero-order valence-electron chi connectivity index (χ0n) is 10.6. The van der Waals surface area contributed by atoms with E-state index in [1.807, 2.05) is 24.3 Å². The smallest absolute Gasteiger partial charge is 0.338 e. The molecule has 0 unspecified atom stereocenters. The SMILES string of the molecule is COCCCSc1nc2ccccc2cc1C(=O)O. The fourth-order valence-electron chi connectivity index (χ4n) is 1.73. The molecule has 5 heteroatoms. The van der Waals surface area contributed by atoms with Crippen molar-refractivity contribution in [1.29, 1.82) is 0 Å². The number of carboxylic acids is 1. The number of fused-ring (bicyclic) bond motifs is 1. The summed E-state index contributed by atoms with van der Waals surface area (Å²) in [7, 11) is 1.65. The molecule has 0 amide bonds. The number of methoxy groups -OCH3 is 1. The first-order valence-corrected chi connectivity index (χ1v) is 6.95. The number of ether oxygens (including phenoxy) is 1. The summed E-state index contributed by atoms with van der Waals surface area (Å²) in [5, 5.41) is 10.7. The van der Waals surface area contributed by atoms with Gasteiger partial charge in [-0.25, -0.2) is 9.78 Å². The van der Waals surface area contributed by atoms with Crippen LogP contribution in [0.3, 0.4) is 0 Å². The van der Waals surface area contributed by atoms with E-state index in [4.69, 9.17) is 4.74 Å². The van der Waals surface area contributed by atoms with E-state index < -0.39 is 5.97 Å². The quantitative estimate of drug-likeness (QED) is 0.649. The Balaban J connectivity index is 2.28. The molecule has 100 valence electrons. The minimum Gasteiger partial charge on any atom is -0.478 e. The summed E-state index contributed by atoms with van der Waals surface area (Å²) in [6.07, 6.45) is 0.870. The minimum absolute atomic E-state index is 0.265. The highest BCUT2D eigenvalue weighted by Gasteiger charge is 2.13. The van der Waals surface area contributed by atoms with Crippen molar-refractivity contribution in [3.63, 3.8) is 0 Å². The molecule has 0 aliphatic carbocycles. The Morgan fingerprint density at radius 3 is 2.95 bits per heavy atom. The summed E-state index contributed by atoms with van der Waals surface area (Å²) in [4.78, 5) is 15.7. The third-order valence-electron chi connectivity index (χ3n) is 2.65. The van der Waals surface area contributed by atoms with Crippen LogP contribution in [0, 0.1) is 0 Å². The minimum atomic E-state index is -0.938. The van der Waals surface area contributed by atoms with Crippen LogP contribution in [0.1, 0.15) is 16.8 Å². The van der Waals surface area contributed by atoms with Crippen LogP contribution >= 0.6 is 11.8 Å². The molecule has 0 aliphatic heterocycles. The fourth-order valence-corrected chi connectivity index (χ4v) is 2.65. The maximum atomic E-state index is 11.3. The lowest BCUT2D eigenvalue weighted by Gasteiger charge is -2.07. The van der Waals surface area contributed by atoms with Gasteiger partial charge >= 0.3 is 5.97 Å². The number of carboxylic acid groups (broad SMARTS) is 1. The number of rotatable bonds is 6. The Hall–Kier alpha value is -1.59. The summed E-state index contributed by atoms with van der Waals surface area (Å²) in [6, 6.07) is 9.22. The van der Waals surface area contributed by atoms with Crippen LogP contribution in [-0.4, -0.2) is 35.5 Å². The van der Waals surface area contributed by atoms with Crippen molar-refractivity contribution in [3.8, 4) is 0 Å². The number of pyridine rings is 1. The molecule has 1 aromatic carbocycles. The summed E-state index contributed by atoms with van der Waals surface area (Å²) >= 11 is 1.46. The molecule has 0 atom stereocenters. The van der Waals surface area contributed by atoms with Crippen molar-refractivity contribution in [1.82, 2.24) is 4.98 Å². The van der Waals surface area contributed by atoms with Gasteiger partial charge in [-0.2, -0.15) is 0 Å². The highest BCUT2D eigenvalue weighted by molar-refractivity contribution is 7.99. The number of nitrogens with zero attached hydrogens (tertiary/aromatic N) is 1. The molecular weight excluding hydrogens is 262 g/mol. The average Bonchev–Trinajstić information content (AvgIpc) is 2.42. The van der Waals surface area contributed by atoms with Gasteiger partial charge in [0.2, 0.25) is 0 Å². The van der Waals surface area contributed by atoms with Crippen LogP contribution < -0.4 is 0 Å². The standard InChI is InChI=1S/C14H15NO3S/c1-18-7-4-8-19-13-11(14(16)17)9-10-5-2-3-6-12(10)15-13/h2-3,5-6,9H,4,7-8H2,1H3,(H,16,17). The third-order valence-corrected chi connectivity index (χ3v) is 3.73. The van der Waals surface area contributed by atoms with Crippen LogP contribution in [0.25, 0.3) is 10.9 Å². The lowest BCUT2D eigenvalue weighted by atomic mass is 10.1. The van der Waals surface area contributed by atoms with Gasteiger partial charge < -0.3 is 9.84 Å². The molecule has 2 aromatic rings. The number of aromatic carboxylic acids is 1. The molecule has 19 heavy (non-hydrogen) atoms. The number of thioether (sulfide) groups is 1. The number of hydrogen-bond donors (Lipinski definition) is 1.